The fraction of sp³-hybridized carbons (Fsp3) is 0.0588. The summed E-state index contributed by atoms with van der Waals surface area (Å²) in [6, 6.07) is 38.7. The van der Waals surface area contributed by atoms with Gasteiger partial charge in [-0.15, -0.1) is 0 Å². The molecule has 0 amide bonds. The number of furan rings is 2. The molecule has 6 aromatic rings. The standard InChI is InChI=1S/2C17H11O.2ClH.Ti/c2*1-2-6-13-10-15(9-12(13)5-1)17-11-14-7-3-4-8-16(14)18-17;;;/h2*1-11H;2*1H;/q;;;;+2/p-2. The van der Waals surface area contributed by atoms with Gasteiger partial charge in [-0.1, -0.05) is 0 Å². The van der Waals surface area contributed by atoms with Crippen LogP contribution in [0.5, 0.6) is 0 Å². The van der Waals surface area contributed by atoms with Gasteiger partial charge in [0.15, 0.2) is 0 Å². The van der Waals surface area contributed by atoms with Gasteiger partial charge in [0.05, 0.1) is 0 Å². The van der Waals surface area contributed by atoms with Crippen LogP contribution in [-0.4, -0.2) is 0 Å². The van der Waals surface area contributed by atoms with Crippen molar-refractivity contribution < 1.29 is 52.8 Å². The number of hydrogen-bond acceptors (Lipinski definition) is 2. The summed E-state index contributed by atoms with van der Waals surface area (Å²) < 4.78 is 13.5. The third-order valence-corrected chi connectivity index (χ3v) is 10.6. The van der Waals surface area contributed by atoms with Gasteiger partial charge in [0.25, 0.3) is 0 Å². The van der Waals surface area contributed by atoms with Gasteiger partial charge in [-0.05, 0) is 0 Å². The fourth-order valence-electron chi connectivity index (χ4n) is 5.85. The minimum atomic E-state index is -0.593. The molecule has 2 unspecified atom stereocenters. The van der Waals surface area contributed by atoms with E-state index in [1.165, 1.54) is 33.4 Å². The number of halogens is 2. The smallest absolute Gasteiger partial charge is 1.00 e. The number of allylic oxidation sites excluding steroid dienone is 2. The summed E-state index contributed by atoms with van der Waals surface area (Å²) in [4.78, 5) is 0. The Bertz CT molecular complexity index is 1690. The molecule has 188 valence electrons. The molecule has 0 aliphatic heterocycles. The molecule has 2 aliphatic rings. The van der Waals surface area contributed by atoms with Crippen LogP contribution in [0, 0.1) is 0 Å². The predicted octanol–water partition coefficient (Wildman–Crippen LogP) is 3.16. The molecule has 2 atom stereocenters. The van der Waals surface area contributed by atoms with Crippen molar-refractivity contribution in [3.8, 4) is 0 Å². The summed E-state index contributed by atoms with van der Waals surface area (Å²) in [5.41, 5.74) is 9.98. The number of hydrogen-bond donors (Lipinski definition) is 0. The molecule has 2 heterocycles. The van der Waals surface area contributed by atoms with E-state index in [1.54, 1.807) is 0 Å². The molecule has 2 nitrogen and oxygen atoms in total. The van der Waals surface area contributed by atoms with Crippen LogP contribution < -0.4 is 24.8 Å². The zero-order valence-electron chi connectivity index (χ0n) is 20.8. The van der Waals surface area contributed by atoms with Gasteiger partial charge in [0, 0.05) is 0 Å². The predicted molar refractivity (Wildman–Crippen MR) is 147 cm³/mol. The van der Waals surface area contributed by atoms with E-state index >= 15 is 0 Å². The summed E-state index contributed by atoms with van der Waals surface area (Å²) in [5, 5.41) is 2.31. The zero-order chi connectivity index (χ0) is 24.3. The minimum Gasteiger partial charge on any atom is -1.00 e. The number of para-hydroxylation sites is 2. The molecule has 2 aromatic heterocycles. The van der Waals surface area contributed by atoms with Gasteiger partial charge >= 0.3 is 225 Å². The molecular formula is C34H22Cl2O2Ti. The quantitative estimate of drug-likeness (QED) is 0.300. The fourth-order valence-corrected chi connectivity index (χ4v) is 9.02. The third-order valence-electron chi connectivity index (χ3n) is 7.61. The van der Waals surface area contributed by atoms with Crippen LogP contribution in [0.25, 0.3) is 45.2 Å². The first kappa shape index (κ1) is 26.0. The Labute approximate surface area is 248 Å². The molecule has 2 aliphatic carbocycles. The van der Waals surface area contributed by atoms with Gasteiger partial charge in [-0.3, -0.25) is 0 Å². The Kier molecular flexibility index (Phi) is 6.91. The van der Waals surface area contributed by atoms with Crippen LogP contribution in [0.3, 0.4) is 0 Å². The van der Waals surface area contributed by atoms with Crippen LogP contribution in [0.15, 0.2) is 118 Å². The number of rotatable bonds is 4. The van der Waals surface area contributed by atoms with Gasteiger partial charge in [-0.25, -0.2) is 0 Å². The van der Waals surface area contributed by atoms with E-state index in [4.69, 9.17) is 8.83 Å². The first-order valence-electron chi connectivity index (χ1n) is 12.7. The molecule has 0 fully saturated rings. The Hall–Kier alpha value is -3.27. The van der Waals surface area contributed by atoms with Crippen molar-refractivity contribution in [3.05, 3.63) is 143 Å². The minimum absolute atomic E-state index is 0. The summed E-state index contributed by atoms with van der Waals surface area (Å²) in [5.74, 6) is 1.98. The van der Waals surface area contributed by atoms with Gasteiger partial charge in [-0.2, -0.15) is 0 Å². The van der Waals surface area contributed by atoms with Crippen molar-refractivity contribution in [2.45, 2.75) is 8.45 Å². The van der Waals surface area contributed by atoms with Crippen LogP contribution >= 0.6 is 0 Å². The van der Waals surface area contributed by atoms with Crippen molar-refractivity contribution in [2.24, 2.45) is 0 Å². The molecule has 4 aromatic carbocycles. The van der Waals surface area contributed by atoms with Crippen LogP contribution in [0.1, 0.15) is 42.2 Å². The van der Waals surface area contributed by atoms with Gasteiger partial charge < -0.3 is 24.8 Å². The van der Waals surface area contributed by atoms with Gasteiger partial charge in [0.1, 0.15) is 0 Å². The molecule has 0 spiro atoms. The first-order chi connectivity index (χ1) is 18.3. The zero-order valence-corrected chi connectivity index (χ0v) is 23.8. The van der Waals surface area contributed by atoms with E-state index in [-0.39, 0.29) is 24.8 Å². The maximum absolute atomic E-state index is 6.42. The molecule has 0 saturated heterocycles. The average molecular weight is 581 g/mol. The van der Waals surface area contributed by atoms with E-state index in [0.717, 1.165) is 33.5 Å². The maximum Gasteiger partial charge on any atom is -1.00 e. The largest absolute Gasteiger partial charge is 1.00 e. The molecule has 0 saturated carbocycles. The second kappa shape index (κ2) is 10.4. The van der Waals surface area contributed by atoms with Crippen molar-refractivity contribution in [1.82, 2.24) is 0 Å². The summed E-state index contributed by atoms with van der Waals surface area (Å²) >= 11 is -0.593. The Morgan fingerprint density at radius 1 is 0.487 bits per heavy atom. The molecule has 0 radical (unpaired) electrons. The molecular weight excluding hydrogens is 559 g/mol. The second-order valence-corrected chi connectivity index (χ2v) is 12.1. The molecule has 0 bridgehead atoms. The van der Waals surface area contributed by atoms with Crippen molar-refractivity contribution >= 4 is 45.2 Å². The number of benzene rings is 4. The normalized spacial score (nSPS) is 17.0. The van der Waals surface area contributed by atoms with Crippen molar-refractivity contribution in [3.63, 3.8) is 0 Å². The molecule has 8 rings (SSSR count). The average Bonchev–Trinajstić information content (AvgIpc) is 3.71. The number of fused-ring (bicyclic) bond motifs is 4. The van der Waals surface area contributed by atoms with Crippen LogP contribution in [-0.2, 0) is 19.2 Å². The maximum atomic E-state index is 6.42. The summed E-state index contributed by atoms with van der Waals surface area (Å²) in [6.45, 7) is 0. The third kappa shape index (κ3) is 4.33. The Morgan fingerprint density at radius 2 is 0.897 bits per heavy atom. The van der Waals surface area contributed by atoms with E-state index in [0.29, 0.717) is 8.45 Å². The summed E-state index contributed by atoms with van der Waals surface area (Å²) in [7, 11) is 0. The Balaban J connectivity index is 0.00000138. The SMILES string of the molecule is C1=C(c2cc3ccccc3o2)[CH]([Ti+2][CH]2C(c3cc4ccccc4o3)=Cc3ccccc32)c2ccccc21.[Cl-].[Cl-]. The van der Waals surface area contributed by atoms with E-state index in [1.807, 2.05) is 12.1 Å². The van der Waals surface area contributed by atoms with E-state index < -0.39 is 19.2 Å². The van der Waals surface area contributed by atoms with Gasteiger partial charge in [0.2, 0.25) is 0 Å². The summed E-state index contributed by atoms with van der Waals surface area (Å²) in [6.07, 6.45) is 4.71. The van der Waals surface area contributed by atoms with E-state index in [9.17, 15) is 0 Å². The second-order valence-electron chi connectivity index (χ2n) is 9.79. The monoisotopic (exact) mass is 580 g/mol. The van der Waals surface area contributed by atoms with E-state index in [2.05, 4.69) is 109 Å². The first-order valence-corrected chi connectivity index (χ1v) is 14.5. The van der Waals surface area contributed by atoms with Crippen molar-refractivity contribution in [1.29, 1.82) is 0 Å². The molecule has 5 heteroatoms. The molecule has 39 heavy (non-hydrogen) atoms. The van der Waals surface area contributed by atoms with Crippen LogP contribution in [0.4, 0.5) is 0 Å². The molecule has 0 N–H and O–H groups in total. The van der Waals surface area contributed by atoms with Crippen LogP contribution in [0.2, 0.25) is 0 Å². The Morgan fingerprint density at radius 3 is 1.36 bits per heavy atom. The van der Waals surface area contributed by atoms with Crippen molar-refractivity contribution in [2.75, 3.05) is 0 Å². The topological polar surface area (TPSA) is 26.3 Å².